The molecule has 2 fully saturated rings. The number of carbonyl (C=O) groups is 4. The van der Waals surface area contributed by atoms with Crippen LogP contribution in [0.3, 0.4) is 0 Å². The first kappa shape index (κ1) is 24.2. The third-order valence-electron chi connectivity index (χ3n) is 6.42. The maximum atomic E-state index is 13.7. The van der Waals surface area contributed by atoms with Gasteiger partial charge in [0.05, 0.1) is 5.92 Å². The molecule has 1 unspecified atom stereocenters. The Labute approximate surface area is 212 Å². The van der Waals surface area contributed by atoms with Crippen molar-refractivity contribution in [3.05, 3.63) is 108 Å². The van der Waals surface area contributed by atoms with Crippen LogP contribution in [0.25, 0.3) is 0 Å². The molecule has 2 amide bonds. The van der Waals surface area contributed by atoms with Crippen LogP contribution in [0.4, 0.5) is 0 Å². The zero-order valence-electron chi connectivity index (χ0n) is 19.7. The maximum Gasteiger partial charge on any atom is 0.379 e. The number of esters is 1. The number of ether oxygens (including phenoxy) is 1. The highest BCUT2D eigenvalue weighted by Gasteiger charge is 2.57. The van der Waals surface area contributed by atoms with E-state index in [1.807, 2.05) is 60.7 Å². The van der Waals surface area contributed by atoms with E-state index in [-0.39, 0.29) is 19.4 Å². The Hall–Kier alpha value is -4.50. The second kappa shape index (κ2) is 10.2. The summed E-state index contributed by atoms with van der Waals surface area (Å²) >= 11 is 0. The third kappa shape index (κ3) is 4.81. The molecule has 0 aliphatic carbocycles. The summed E-state index contributed by atoms with van der Waals surface area (Å²) in [6, 6.07) is 25.7. The predicted molar refractivity (Wildman–Crippen MR) is 129 cm³/mol. The number of nitrogens with zero attached hydrogens (tertiary/aromatic N) is 1. The molecule has 188 valence electrons. The minimum atomic E-state index is -1.73. The predicted octanol–water partition coefficient (Wildman–Crippen LogP) is 2.92. The second-order valence-corrected chi connectivity index (χ2v) is 8.78. The van der Waals surface area contributed by atoms with E-state index in [1.165, 1.54) is 0 Å². The number of hydrogen-bond acceptors (Lipinski definition) is 7. The summed E-state index contributed by atoms with van der Waals surface area (Å²) in [6.07, 6.45) is 0.0607. The van der Waals surface area contributed by atoms with Crippen molar-refractivity contribution >= 4 is 23.8 Å². The van der Waals surface area contributed by atoms with Crippen molar-refractivity contribution in [2.75, 3.05) is 6.61 Å². The fourth-order valence-corrected chi connectivity index (χ4v) is 4.64. The Morgan fingerprint density at radius 2 is 1.46 bits per heavy atom. The normalized spacial score (nSPS) is 21.1. The van der Waals surface area contributed by atoms with Crippen molar-refractivity contribution in [1.29, 1.82) is 0 Å². The van der Waals surface area contributed by atoms with E-state index in [9.17, 15) is 19.2 Å². The Kier molecular flexibility index (Phi) is 6.70. The number of rotatable bonds is 7. The summed E-state index contributed by atoms with van der Waals surface area (Å²) in [5.74, 6) is -3.41. The zero-order valence-corrected chi connectivity index (χ0v) is 19.7. The van der Waals surface area contributed by atoms with Gasteiger partial charge in [-0.3, -0.25) is 14.4 Å². The molecule has 9 heteroatoms. The first-order valence-electron chi connectivity index (χ1n) is 11.8. The van der Waals surface area contributed by atoms with Gasteiger partial charge in [0.15, 0.2) is 0 Å². The van der Waals surface area contributed by atoms with Crippen LogP contribution in [0.2, 0.25) is 0 Å². The minimum Gasteiger partial charge on any atom is -0.446 e. The van der Waals surface area contributed by atoms with Gasteiger partial charge in [-0.15, -0.1) is 0 Å². The zero-order chi connectivity index (χ0) is 25.8. The molecule has 0 aromatic heterocycles. The average Bonchev–Trinajstić information content (AvgIpc) is 3.49. The van der Waals surface area contributed by atoms with Gasteiger partial charge in [0, 0.05) is 18.4 Å². The van der Waals surface area contributed by atoms with Crippen LogP contribution in [-0.4, -0.2) is 47.2 Å². The van der Waals surface area contributed by atoms with Crippen molar-refractivity contribution in [2.24, 2.45) is 0 Å². The quantitative estimate of drug-likeness (QED) is 0.497. The van der Waals surface area contributed by atoms with Crippen molar-refractivity contribution < 1.29 is 33.6 Å². The first-order valence-corrected chi connectivity index (χ1v) is 11.8. The molecule has 0 saturated carbocycles. The summed E-state index contributed by atoms with van der Waals surface area (Å²) in [4.78, 5) is 62.1. The number of carbonyl (C=O) groups excluding carboxylic acids is 4. The van der Waals surface area contributed by atoms with Gasteiger partial charge in [-0.25, -0.2) is 9.63 Å². The van der Waals surface area contributed by atoms with Gasteiger partial charge in [-0.05, 0) is 28.5 Å². The molecule has 3 aromatic rings. The molecule has 0 radical (unpaired) electrons. The Morgan fingerprint density at radius 1 is 0.892 bits per heavy atom. The van der Waals surface area contributed by atoms with Crippen molar-refractivity contribution in [3.8, 4) is 0 Å². The highest BCUT2D eigenvalue weighted by atomic mass is 17.0. The van der Waals surface area contributed by atoms with Crippen LogP contribution < -0.4 is 5.32 Å². The van der Waals surface area contributed by atoms with E-state index in [0.717, 1.165) is 11.1 Å². The van der Waals surface area contributed by atoms with E-state index in [4.69, 9.17) is 14.4 Å². The molecule has 5 rings (SSSR count). The summed E-state index contributed by atoms with van der Waals surface area (Å²) in [6.45, 7) is -0.224. The van der Waals surface area contributed by atoms with Crippen molar-refractivity contribution in [3.63, 3.8) is 0 Å². The lowest BCUT2D eigenvalue weighted by atomic mass is 9.76. The van der Waals surface area contributed by atoms with Gasteiger partial charge in [0.25, 0.3) is 5.91 Å². The van der Waals surface area contributed by atoms with E-state index in [0.29, 0.717) is 10.8 Å². The average molecular weight is 501 g/mol. The molecule has 2 heterocycles. The van der Waals surface area contributed by atoms with Gasteiger partial charge in [-0.2, -0.15) is 0 Å². The van der Waals surface area contributed by atoms with Gasteiger partial charge < -0.3 is 14.9 Å². The highest BCUT2D eigenvalue weighted by molar-refractivity contribution is 5.98. The SMILES string of the molecule is O=C1CCC(C(=O)ON2OC[C@H](NC(=O)c3ccccc3)C2=O)(C(c2ccccc2)c2ccccc2)O1. The molecule has 0 bridgehead atoms. The number of cyclic esters (lactones) is 1. The van der Waals surface area contributed by atoms with Gasteiger partial charge in [0.1, 0.15) is 12.6 Å². The molecular formula is C28H24N2O7. The number of hydrogen-bond donors (Lipinski definition) is 1. The van der Waals surface area contributed by atoms with Crippen LogP contribution in [0.1, 0.15) is 40.2 Å². The molecule has 0 spiro atoms. The topological polar surface area (TPSA) is 111 Å². The van der Waals surface area contributed by atoms with Crippen LogP contribution >= 0.6 is 0 Å². The minimum absolute atomic E-state index is 0.00975. The van der Waals surface area contributed by atoms with Crippen LogP contribution in [0.5, 0.6) is 0 Å². The van der Waals surface area contributed by atoms with Crippen LogP contribution in [0, 0.1) is 0 Å². The monoisotopic (exact) mass is 500 g/mol. The molecule has 1 N–H and O–H groups in total. The molecular weight excluding hydrogens is 476 g/mol. The van der Waals surface area contributed by atoms with Crippen molar-refractivity contribution in [1.82, 2.24) is 10.5 Å². The number of nitrogens with one attached hydrogen (secondary N) is 1. The largest absolute Gasteiger partial charge is 0.446 e. The van der Waals surface area contributed by atoms with Crippen LogP contribution in [-0.2, 0) is 28.8 Å². The standard InChI is InChI=1S/C28H24N2O7/c31-23-16-17-28(36-23,24(19-10-4-1-5-11-19)20-12-6-2-7-13-20)27(34)37-30-26(33)22(18-35-30)29-25(32)21-14-8-3-9-15-21/h1-15,22,24H,16-18H2,(H,29,32)/t22-,28?/m0/s1. The molecule has 2 aliphatic rings. The smallest absolute Gasteiger partial charge is 0.379 e. The fourth-order valence-electron chi connectivity index (χ4n) is 4.64. The highest BCUT2D eigenvalue weighted by Crippen LogP contribution is 2.45. The van der Waals surface area contributed by atoms with Gasteiger partial charge >= 0.3 is 17.8 Å². The Balaban J connectivity index is 1.39. The summed E-state index contributed by atoms with van der Waals surface area (Å²) in [5, 5.41) is 3.03. The number of amides is 2. The van der Waals surface area contributed by atoms with Gasteiger partial charge in [-0.1, -0.05) is 78.9 Å². The molecule has 2 aliphatic heterocycles. The van der Waals surface area contributed by atoms with Crippen LogP contribution in [0.15, 0.2) is 91.0 Å². The van der Waals surface area contributed by atoms with Gasteiger partial charge in [0.2, 0.25) is 5.60 Å². The second-order valence-electron chi connectivity index (χ2n) is 8.78. The maximum absolute atomic E-state index is 13.7. The number of hydroxylamine groups is 2. The summed E-state index contributed by atoms with van der Waals surface area (Å²) < 4.78 is 5.70. The molecule has 2 saturated heterocycles. The first-order chi connectivity index (χ1) is 18.0. The molecule has 3 aromatic carbocycles. The Morgan fingerprint density at radius 3 is 2.00 bits per heavy atom. The van der Waals surface area contributed by atoms with E-state index < -0.39 is 41.3 Å². The molecule has 37 heavy (non-hydrogen) atoms. The van der Waals surface area contributed by atoms with E-state index in [2.05, 4.69) is 5.32 Å². The summed E-state index contributed by atoms with van der Waals surface area (Å²) in [7, 11) is 0. The lowest BCUT2D eigenvalue weighted by molar-refractivity contribution is -0.310. The Bertz CT molecular complexity index is 1260. The van der Waals surface area contributed by atoms with E-state index in [1.54, 1.807) is 30.3 Å². The molecule has 2 atom stereocenters. The third-order valence-corrected chi connectivity index (χ3v) is 6.42. The number of benzene rings is 3. The summed E-state index contributed by atoms with van der Waals surface area (Å²) in [5.41, 5.74) is 0.120. The lowest BCUT2D eigenvalue weighted by Crippen LogP contribution is -2.49. The van der Waals surface area contributed by atoms with Crippen molar-refractivity contribution in [2.45, 2.75) is 30.4 Å². The fraction of sp³-hybridized carbons (Fsp3) is 0.214. The molecule has 9 nitrogen and oxygen atoms in total. The van der Waals surface area contributed by atoms with E-state index >= 15 is 0 Å². The lowest BCUT2D eigenvalue weighted by Gasteiger charge is -2.34.